The fourth-order valence-electron chi connectivity index (χ4n) is 2.35. The van der Waals surface area contributed by atoms with Gasteiger partial charge in [-0.1, -0.05) is 29.3 Å². The molecule has 100 valence electrons. The first-order valence-electron chi connectivity index (χ1n) is 6.28. The molecule has 0 aromatic heterocycles. The Labute approximate surface area is 119 Å². The summed E-state index contributed by atoms with van der Waals surface area (Å²) >= 11 is 12.3. The van der Waals surface area contributed by atoms with E-state index in [0.717, 1.165) is 35.1 Å². The van der Waals surface area contributed by atoms with Crippen molar-refractivity contribution >= 4 is 23.2 Å². The van der Waals surface area contributed by atoms with Crippen molar-refractivity contribution < 1.29 is 4.74 Å². The van der Waals surface area contributed by atoms with Gasteiger partial charge in [0.05, 0.1) is 5.60 Å². The van der Waals surface area contributed by atoms with Crippen LogP contribution in [0.15, 0.2) is 18.2 Å². The van der Waals surface area contributed by atoms with E-state index in [1.807, 2.05) is 18.2 Å². The van der Waals surface area contributed by atoms with Crippen LogP contribution >= 0.6 is 23.2 Å². The lowest BCUT2D eigenvalue weighted by Gasteiger charge is -2.36. The van der Waals surface area contributed by atoms with Crippen LogP contribution in [0.2, 0.25) is 10.0 Å². The minimum Gasteiger partial charge on any atom is -0.375 e. The third kappa shape index (κ3) is 3.61. The molecule has 2 nitrogen and oxygen atoms in total. The van der Waals surface area contributed by atoms with Crippen molar-refractivity contribution in [2.24, 2.45) is 0 Å². The SMILES string of the molecule is CC1(C)CC(NCc2c(Cl)cccc2Cl)CCO1. The highest BCUT2D eigenvalue weighted by atomic mass is 35.5. The molecule has 1 unspecified atom stereocenters. The molecule has 0 spiro atoms. The van der Waals surface area contributed by atoms with Gasteiger partial charge in [0.25, 0.3) is 0 Å². The smallest absolute Gasteiger partial charge is 0.0641 e. The summed E-state index contributed by atoms with van der Waals surface area (Å²) in [6, 6.07) is 6.07. The summed E-state index contributed by atoms with van der Waals surface area (Å²) < 4.78 is 5.70. The first-order chi connectivity index (χ1) is 8.48. The topological polar surface area (TPSA) is 21.3 Å². The van der Waals surface area contributed by atoms with Gasteiger partial charge in [-0.25, -0.2) is 0 Å². The number of hydrogen-bond donors (Lipinski definition) is 1. The van der Waals surface area contributed by atoms with Gasteiger partial charge in [-0.05, 0) is 38.8 Å². The van der Waals surface area contributed by atoms with Crippen LogP contribution in [0.25, 0.3) is 0 Å². The van der Waals surface area contributed by atoms with Crippen molar-refractivity contribution in [3.63, 3.8) is 0 Å². The first kappa shape index (κ1) is 14.1. The summed E-state index contributed by atoms with van der Waals surface area (Å²) in [5.41, 5.74) is 0.935. The monoisotopic (exact) mass is 287 g/mol. The fraction of sp³-hybridized carbons (Fsp3) is 0.571. The molecular weight excluding hydrogens is 269 g/mol. The van der Waals surface area contributed by atoms with Crippen molar-refractivity contribution in [1.82, 2.24) is 5.32 Å². The Bertz CT molecular complexity index is 400. The molecule has 1 fully saturated rings. The van der Waals surface area contributed by atoms with E-state index in [2.05, 4.69) is 19.2 Å². The van der Waals surface area contributed by atoms with Gasteiger partial charge in [0.2, 0.25) is 0 Å². The molecule has 1 aliphatic rings. The molecule has 1 saturated heterocycles. The number of hydrogen-bond acceptors (Lipinski definition) is 2. The van der Waals surface area contributed by atoms with E-state index in [1.165, 1.54) is 0 Å². The number of nitrogens with one attached hydrogen (secondary N) is 1. The highest BCUT2D eigenvalue weighted by Crippen LogP contribution is 2.27. The van der Waals surface area contributed by atoms with Crippen molar-refractivity contribution in [2.45, 2.75) is 44.9 Å². The van der Waals surface area contributed by atoms with E-state index in [0.29, 0.717) is 12.6 Å². The van der Waals surface area contributed by atoms with Gasteiger partial charge in [0.1, 0.15) is 0 Å². The van der Waals surface area contributed by atoms with Crippen LogP contribution in [-0.4, -0.2) is 18.2 Å². The Morgan fingerprint density at radius 3 is 2.61 bits per heavy atom. The molecule has 2 rings (SSSR count). The predicted molar refractivity (Wildman–Crippen MR) is 76.4 cm³/mol. The van der Waals surface area contributed by atoms with Gasteiger partial charge in [-0.3, -0.25) is 0 Å². The molecule has 1 atom stereocenters. The molecule has 1 aromatic carbocycles. The highest BCUT2D eigenvalue weighted by Gasteiger charge is 2.28. The number of ether oxygens (including phenoxy) is 1. The van der Waals surface area contributed by atoms with Crippen LogP contribution in [0.3, 0.4) is 0 Å². The lowest BCUT2D eigenvalue weighted by molar-refractivity contribution is -0.0630. The summed E-state index contributed by atoms with van der Waals surface area (Å²) in [5.74, 6) is 0. The lowest BCUT2D eigenvalue weighted by atomic mass is 9.94. The highest BCUT2D eigenvalue weighted by molar-refractivity contribution is 6.35. The van der Waals surface area contributed by atoms with Crippen molar-refractivity contribution in [1.29, 1.82) is 0 Å². The normalized spacial score (nSPS) is 23.0. The minimum absolute atomic E-state index is 0.0415. The first-order valence-corrected chi connectivity index (χ1v) is 7.04. The standard InChI is InChI=1S/C14H19Cl2NO/c1-14(2)8-10(6-7-18-14)17-9-11-12(15)4-3-5-13(11)16/h3-5,10,17H,6-9H2,1-2H3. The summed E-state index contributed by atoms with van der Waals surface area (Å²) in [6.07, 6.45) is 2.04. The second-order valence-electron chi connectivity index (χ2n) is 5.38. The quantitative estimate of drug-likeness (QED) is 0.906. The van der Waals surface area contributed by atoms with E-state index in [9.17, 15) is 0 Å². The molecule has 0 radical (unpaired) electrons. The summed E-state index contributed by atoms with van der Waals surface area (Å²) in [6.45, 7) is 5.77. The van der Waals surface area contributed by atoms with Gasteiger partial charge in [0, 0.05) is 34.8 Å². The predicted octanol–water partition coefficient (Wildman–Crippen LogP) is 4.04. The molecule has 1 aliphatic heterocycles. The van der Waals surface area contributed by atoms with Crippen molar-refractivity contribution in [2.75, 3.05) is 6.61 Å². The zero-order valence-electron chi connectivity index (χ0n) is 10.8. The van der Waals surface area contributed by atoms with Gasteiger partial charge < -0.3 is 10.1 Å². The van der Waals surface area contributed by atoms with E-state index in [1.54, 1.807) is 0 Å². The Kier molecular flexibility index (Phi) is 4.54. The molecule has 1 aromatic rings. The van der Waals surface area contributed by atoms with Crippen molar-refractivity contribution in [3.05, 3.63) is 33.8 Å². The molecule has 4 heteroatoms. The van der Waals surface area contributed by atoms with E-state index in [-0.39, 0.29) is 5.60 Å². The van der Waals surface area contributed by atoms with Gasteiger partial charge in [-0.2, -0.15) is 0 Å². The van der Waals surface area contributed by atoms with Gasteiger partial charge in [0.15, 0.2) is 0 Å². The van der Waals surface area contributed by atoms with Gasteiger partial charge in [-0.15, -0.1) is 0 Å². The van der Waals surface area contributed by atoms with Crippen LogP contribution < -0.4 is 5.32 Å². The summed E-state index contributed by atoms with van der Waals surface area (Å²) in [7, 11) is 0. The minimum atomic E-state index is -0.0415. The van der Waals surface area contributed by atoms with E-state index in [4.69, 9.17) is 27.9 Å². The Morgan fingerprint density at radius 2 is 2.00 bits per heavy atom. The second-order valence-corrected chi connectivity index (χ2v) is 6.19. The largest absolute Gasteiger partial charge is 0.375 e. The van der Waals surface area contributed by atoms with Crippen LogP contribution in [0.5, 0.6) is 0 Å². The maximum absolute atomic E-state index is 6.15. The fourth-order valence-corrected chi connectivity index (χ4v) is 2.88. The lowest BCUT2D eigenvalue weighted by Crippen LogP contribution is -2.43. The van der Waals surface area contributed by atoms with Crippen LogP contribution in [-0.2, 0) is 11.3 Å². The number of benzene rings is 1. The molecule has 1 N–H and O–H groups in total. The van der Waals surface area contributed by atoms with Crippen LogP contribution in [0.4, 0.5) is 0 Å². The molecule has 0 saturated carbocycles. The molecule has 0 bridgehead atoms. The average Bonchev–Trinajstić information content (AvgIpc) is 2.27. The van der Waals surface area contributed by atoms with Crippen LogP contribution in [0, 0.1) is 0 Å². The maximum Gasteiger partial charge on any atom is 0.0641 e. The number of rotatable bonds is 3. The molecule has 18 heavy (non-hydrogen) atoms. The van der Waals surface area contributed by atoms with E-state index >= 15 is 0 Å². The molecule has 1 heterocycles. The average molecular weight is 288 g/mol. The van der Waals surface area contributed by atoms with Crippen molar-refractivity contribution in [3.8, 4) is 0 Å². The van der Waals surface area contributed by atoms with Crippen LogP contribution in [0.1, 0.15) is 32.3 Å². The molecule has 0 aliphatic carbocycles. The van der Waals surface area contributed by atoms with Gasteiger partial charge >= 0.3 is 0 Å². The third-order valence-electron chi connectivity index (χ3n) is 3.33. The number of halogens is 2. The zero-order valence-corrected chi connectivity index (χ0v) is 12.3. The second kappa shape index (κ2) is 5.79. The van der Waals surface area contributed by atoms with E-state index < -0.39 is 0 Å². The zero-order chi connectivity index (χ0) is 13.2. The summed E-state index contributed by atoms with van der Waals surface area (Å²) in [5, 5.41) is 4.97. The third-order valence-corrected chi connectivity index (χ3v) is 4.03. The molecule has 0 amide bonds. The maximum atomic E-state index is 6.15. The Balaban J connectivity index is 1.95. The summed E-state index contributed by atoms with van der Waals surface area (Å²) in [4.78, 5) is 0. The molecular formula is C14H19Cl2NO. The Morgan fingerprint density at radius 1 is 1.33 bits per heavy atom. The Hall–Kier alpha value is -0.280.